The average Bonchev–Trinajstić information content (AvgIpc) is 3.20. The molecule has 19 heteroatoms. The molecule has 2 saturated heterocycles. The van der Waals surface area contributed by atoms with E-state index in [1.165, 1.54) is 11.8 Å². The highest BCUT2D eigenvalue weighted by atomic mass is 127. The summed E-state index contributed by atoms with van der Waals surface area (Å²) >= 11 is 5.94. The zero-order valence-electron chi connectivity index (χ0n) is 18.6. The minimum absolute atomic E-state index is 0.0258. The fourth-order valence-electron chi connectivity index (χ4n) is 3.51. The molecule has 6 unspecified atom stereocenters. The highest BCUT2D eigenvalue weighted by Gasteiger charge is 2.43. The number of carbonyl (C=O) groups excluding carboxylic acids is 6. The lowest BCUT2D eigenvalue weighted by Gasteiger charge is -2.30. The van der Waals surface area contributed by atoms with Crippen LogP contribution < -0.4 is 5.32 Å². The molecule has 4 radical (unpaired) electrons. The third-order valence-electron chi connectivity index (χ3n) is 5.55. The van der Waals surface area contributed by atoms with Crippen LogP contribution >= 0.6 is 86.5 Å². The van der Waals surface area contributed by atoms with Gasteiger partial charge in [-0.3, -0.25) is 43.9 Å². The largest absolute Gasteiger partial charge is 0.312 e. The Morgan fingerprint density at radius 3 is 2.23 bits per heavy atom. The van der Waals surface area contributed by atoms with Gasteiger partial charge in [-0.15, -0.1) is 22.4 Å². The summed E-state index contributed by atoms with van der Waals surface area (Å²) in [5, 5.41) is 2.89. The first-order valence-corrected chi connectivity index (χ1v) is 20.7. The van der Waals surface area contributed by atoms with Crippen molar-refractivity contribution < 1.29 is 28.8 Å². The monoisotopic (exact) mass is 872 g/mol. The molecular weight excluding hydrogens is 850 g/mol. The summed E-state index contributed by atoms with van der Waals surface area (Å²) in [4.78, 5) is 78.5. The lowest BCUT2D eigenvalue weighted by atomic mass is 9.84. The van der Waals surface area contributed by atoms with Gasteiger partial charge in [0.05, 0.1) is 19.0 Å². The van der Waals surface area contributed by atoms with Crippen LogP contribution in [0.1, 0.15) is 26.2 Å². The molecule has 186 valence electrons. The maximum absolute atomic E-state index is 13.1. The summed E-state index contributed by atoms with van der Waals surface area (Å²) in [5.41, 5.74) is -3.78. The van der Waals surface area contributed by atoms with E-state index in [-0.39, 0.29) is 61.2 Å². The molecule has 2 rings (SSSR count). The van der Waals surface area contributed by atoms with E-state index < -0.39 is 45.7 Å². The fourth-order valence-corrected chi connectivity index (χ4v) is 8.81. The van der Waals surface area contributed by atoms with E-state index in [0.29, 0.717) is 0 Å². The Labute approximate surface area is 251 Å². The maximum Gasteiger partial charge on any atom is 0.252 e. The minimum atomic E-state index is -1.26. The van der Waals surface area contributed by atoms with Gasteiger partial charge in [-0.25, -0.2) is 0 Å². The van der Waals surface area contributed by atoms with Crippen LogP contribution in [0.2, 0.25) is 5.82 Å². The van der Waals surface area contributed by atoms with Crippen molar-refractivity contribution in [1.82, 2.24) is 20.0 Å². The number of hydrogen-bond donors (Lipinski definition) is 1. The fraction of sp³-hybridized carbons (Fsp3) is 0.625. The van der Waals surface area contributed by atoms with Gasteiger partial charge in [-0.1, -0.05) is 55.0 Å². The predicted octanol–water partition coefficient (Wildman–Crippen LogP) is 1.51. The Bertz CT molecular complexity index is 906. The lowest BCUT2D eigenvalue weighted by molar-refractivity contribution is -0.145. The summed E-state index contributed by atoms with van der Waals surface area (Å²) < 4.78 is -0.0962. The maximum atomic E-state index is 13.1. The Hall–Kier alpha value is 1.05. The molecule has 0 aliphatic carbocycles. The molecule has 5 amide bonds. The topological polar surface area (TPSA) is 124 Å². The molecule has 2 aliphatic rings. The number of amides is 5. The average molecular weight is 871 g/mol. The molecule has 10 nitrogen and oxygen atoms in total. The van der Waals surface area contributed by atoms with Crippen LogP contribution in [0.3, 0.4) is 0 Å². The van der Waals surface area contributed by atoms with Crippen LogP contribution in [0.4, 0.5) is 0 Å². The number of nitrogens with one attached hydrogen (secondary N) is 1. The third kappa shape index (κ3) is 8.52. The smallest absolute Gasteiger partial charge is 0.252 e. The number of halogens is 3. The summed E-state index contributed by atoms with van der Waals surface area (Å²) in [6, 6.07) is 0. The van der Waals surface area contributed by atoms with Gasteiger partial charge in [0.1, 0.15) is 27.6 Å². The molecule has 2 heterocycles. The van der Waals surface area contributed by atoms with E-state index in [4.69, 9.17) is 15.1 Å². The van der Waals surface area contributed by atoms with Crippen LogP contribution in [0.15, 0.2) is 0 Å². The molecule has 1 N–H and O–H groups in total. The lowest BCUT2D eigenvalue weighted by Crippen LogP contribution is -2.50. The van der Waals surface area contributed by atoms with Crippen molar-refractivity contribution in [2.24, 2.45) is 0 Å². The molecule has 0 bridgehead atoms. The summed E-state index contributed by atoms with van der Waals surface area (Å²) in [5.74, 6) is -2.68. The van der Waals surface area contributed by atoms with E-state index >= 15 is 0 Å². The van der Waals surface area contributed by atoms with E-state index in [1.54, 1.807) is 0 Å². The van der Waals surface area contributed by atoms with Crippen LogP contribution in [-0.2, 0) is 28.8 Å². The Kier molecular flexibility index (Phi) is 13.3. The molecule has 0 spiro atoms. The van der Waals surface area contributed by atoms with Crippen LogP contribution in [-0.4, -0.2) is 101 Å². The van der Waals surface area contributed by atoms with Gasteiger partial charge >= 0.3 is 0 Å². The van der Waals surface area contributed by atoms with Gasteiger partial charge in [-0.2, -0.15) is 9.12 Å². The first-order chi connectivity index (χ1) is 16.3. The molecule has 2 fully saturated rings. The zero-order valence-corrected chi connectivity index (χ0v) is 28.0. The SMILES string of the molecule is [B]P(I)C(CC(=O)N(CNCN1C(=O)CC(B(P)I)C1=O)CN1C(=O)CC(P([B])I)C1=O)C(C)=O. The van der Waals surface area contributed by atoms with Gasteiger partial charge in [0.2, 0.25) is 29.5 Å². The highest BCUT2D eigenvalue weighted by molar-refractivity contribution is 14.2. The van der Waals surface area contributed by atoms with Crippen LogP contribution in [0.25, 0.3) is 0 Å². The highest BCUT2D eigenvalue weighted by Crippen LogP contribution is 2.49. The van der Waals surface area contributed by atoms with Crippen molar-refractivity contribution >= 4 is 141 Å². The number of ketones is 1. The second kappa shape index (κ2) is 14.4. The van der Waals surface area contributed by atoms with E-state index in [9.17, 15) is 28.8 Å². The van der Waals surface area contributed by atoms with Gasteiger partial charge in [0.15, 0.2) is 0 Å². The van der Waals surface area contributed by atoms with Crippen molar-refractivity contribution in [3.63, 3.8) is 0 Å². The second-order valence-electron chi connectivity index (χ2n) is 7.96. The standard InChI is InChI=1S/C16H21B3I3N4O6P3/c1-8(27)10(34(17)21)3-12(28)24(7-26-14(30)4-11(16(26)32)35(18)22)5-23-6-25-13(29)2-9(15(25)31)19(20)33/h9-11,23H,2-7,33H2,1H3. The molecule has 0 saturated carbocycles. The third-order valence-corrected chi connectivity index (χ3v) is 13.1. The van der Waals surface area contributed by atoms with E-state index in [1.807, 2.05) is 44.1 Å². The van der Waals surface area contributed by atoms with Crippen LogP contribution in [0.5, 0.6) is 0 Å². The normalized spacial score (nSPS) is 23.0. The molecular formula is C16H21B3I3N4O6P3. The van der Waals surface area contributed by atoms with Gasteiger partial charge in [0, 0.05) is 30.7 Å². The van der Waals surface area contributed by atoms with Gasteiger partial charge < -0.3 is 4.90 Å². The predicted molar refractivity (Wildman–Crippen MR) is 167 cm³/mol. The summed E-state index contributed by atoms with van der Waals surface area (Å²) in [7, 11) is 14.3. The number of rotatable bonds is 12. The first kappa shape index (κ1) is 32.3. The van der Waals surface area contributed by atoms with Crippen molar-refractivity contribution in [3.8, 4) is 0 Å². The number of Topliss-reactive ketones (excluding diaryl/α,β-unsaturated/α-hetero) is 1. The molecule has 2 aliphatic heterocycles. The van der Waals surface area contributed by atoms with E-state index in [2.05, 4.69) is 36.8 Å². The molecule has 0 aromatic heterocycles. The molecule has 0 aromatic rings. The number of carbonyl (C=O) groups is 6. The van der Waals surface area contributed by atoms with Crippen LogP contribution in [0, 0.1) is 0 Å². The van der Waals surface area contributed by atoms with Gasteiger partial charge in [0.25, 0.3) is 4.29 Å². The van der Waals surface area contributed by atoms with E-state index in [0.717, 1.165) is 9.80 Å². The number of imide groups is 2. The van der Waals surface area contributed by atoms with Gasteiger partial charge in [-0.05, 0) is 6.92 Å². The number of likely N-dealkylation sites (tertiary alicyclic amines) is 2. The molecule has 35 heavy (non-hydrogen) atoms. The minimum Gasteiger partial charge on any atom is -0.312 e. The van der Waals surface area contributed by atoms with Crippen molar-refractivity contribution in [2.45, 2.75) is 43.3 Å². The summed E-state index contributed by atoms with van der Waals surface area (Å²) in [6.45, 7) is 0.730. The van der Waals surface area contributed by atoms with Crippen molar-refractivity contribution in [2.75, 3.05) is 20.0 Å². The second-order valence-corrected chi connectivity index (χ2v) is 20.8. The van der Waals surface area contributed by atoms with Crippen molar-refractivity contribution in [1.29, 1.82) is 0 Å². The number of hydrogen-bond acceptors (Lipinski definition) is 7. The molecule has 6 atom stereocenters. The number of nitrogens with zero attached hydrogens (tertiary/aromatic N) is 3. The quantitative estimate of drug-likeness (QED) is 0.104. The Balaban J connectivity index is 2.14. The first-order valence-electron chi connectivity index (χ1n) is 10.2. The molecule has 0 aromatic carbocycles. The Morgan fingerprint density at radius 1 is 1.17 bits per heavy atom. The Morgan fingerprint density at radius 2 is 1.77 bits per heavy atom. The van der Waals surface area contributed by atoms with Crippen molar-refractivity contribution in [3.05, 3.63) is 0 Å². The summed E-state index contributed by atoms with van der Waals surface area (Å²) in [6.07, 6.45) is -0.111. The zero-order chi connectivity index (χ0) is 26.6.